The molecule has 5 nitrogen and oxygen atoms in total. The maximum Gasteiger partial charge on any atom is 0.227 e. The summed E-state index contributed by atoms with van der Waals surface area (Å²) in [5, 5.41) is 7.05. The van der Waals surface area contributed by atoms with Crippen molar-refractivity contribution in [2.75, 3.05) is 0 Å². The lowest BCUT2D eigenvalue weighted by molar-refractivity contribution is -0.122. The van der Waals surface area contributed by atoms with E-state index in [1.54, 1.807) is 12.1 Å². The normalized spacial score (nSPS) is 25.4. The number of carbonyl (C=O) groups is 1. The summed E-state index contributed by atoms with van der Waals surface area (Å²) in [5.41, 5.74) is 0.691. The molecular formula is C20H24FN3O2. The molecule has 2 aromatic rings. The number of rotatable bonds is 6. The Bertz CT molecular complexity index is 774. The van der Waals surface area contributed by atoms with Gasteiger partial charge in [0.25, 0.3) is 0 Å². The van der Waals surface area contributed by atoms with Gasteiger partial charge in [-0.25, -0.2) is 4.39 Å². The third-order valence-electron chi connectivity index (χ3n) is 5.96. The third kappa shape index (κ3) is 3.64. The zero-order valence-corrected chi connectivity index (χ0v) is 15.0. The smallest absolute Gasteiger partial charge is 0.227 e. The van der Waals surface area contributed by atoms with E-state index in [4.69, 9.17) is 4.52 Å². The second-order valence-corrected chi connectivity index (χ2v) is 7.71. The molecule has 1 heterocycles. The molecule has 1 amide bonds. The summed E-state index contributed by atoms with van der Waals surface area (Å²) in [4.78, 5) is 16.6. The minimum atomic E-state index is -0.307. The van der Waals surface area contributed by atoms with Crippen LogP contribution in [-0.4, -0.2) is 22.1 Å². The first-order valence-electron chi connectivity index (χ1n) is 9.46. The highest BCUT2D eigenvalue weighted by Crippen LogP contribution is 2.49. The minimum absolute atomic E-state index is 0.0294. The van der Waals surface area contributed by atoms with E-state index in [9.17, 15) is 9.18 Å². The predicted octanol–water partition coefficient (Wildman–Crippen LogP) is 3.75. The summed E-state index contributed by atoms with van der Waals surface area (Å²) in [7, 11) is 0. The van der Waals surface area contributed by atoms with Gasteiger partial charge in [0.1, 0.15) is 5.82 Å². The van der Waals surface area contributed by atoms with Gasteiger partial charge >= 0.3 is 0 Å². The molecule has 2 bridgehead atoms. The Morgan fingerprint density at radius 1 is 1.31 bits per heavy atom. The van der Waals surface area contributed by atoms with Gasteiger partial charge in [-0.15, -0.1) is 0 Å². The van der Waals surface area contributed by atoms with Crippen LogP contribution in [0.4, 0.5) is 4.39 Å². The number of hydrogen-bond acceptors (Lipinski definition) is 4. The number of aromatic nitrogens is 2. The molecule has 2 aliphatic carbocycles. The van der Waals surface area contributed by atoms with Crippen LogP contribution < -0.4 is 5.32 Å². The van der Waals surface area contributed by atoms with Crippen molar-refractivity contribution >= 4 is 5.91 Å². The first kappa shape index (κ1) is 17.2. The van der Waals surface area contributed by atoms with Crippen LogP contribution in [0.5, 0.6) is 0 Å². The molecule has 2 fully saturated rings. The summed E-state index contributed by atoms with van der Waals surface area (Å²) in [6.45, 7) is 2.13. The Morgan fingerprint density at radius 2 is 2.12 bits per heavy atom. The molecule has 4 atom stereocenters. The standard InChI is InChI=1S/C20H24FN3O2/c1-12(17-11-13-2-3-15(17)10-13)22-18(25)8-9-19-23-20(24-26-19)14-4-6-16(21)7-5-14/h4-7,12-13,15,17H,2-3,8-11H2,1H3,(H,22,25). The fourth-order valence-corrected chi connectivity index (χ4v) is 4.63. The summed E-state index contributed by atoms with van der Waals surface area (Å²) in [5.74, 6) is 2.87. The van der Waals surface area contributed by atoms with Crippen LogP contribution in [0.15, 0.2) is 28.8 Å². The zero-order valence-electron chi connectivity index (χ0n) is 15.0. The second-order valence-electron chi connectivity index (χ2n) is 7.71. The molecule has 26 heavy (non-hydrogen) atoms. The maximum atomic E-state index is 13.0. The highest BCUT2D eigenvalue weighted by Gasteiger charge is 2.42. The average Bonchev–Trinajstić information content (AvgIpc) is 3.37. The number of halogens is 1. The van der Waals surface area contributed by atoms with E-state index < -0.39 is 0 Å². The fraction of sp³-hybridized carbons (Fsp3) is 0.550. The number of carbonyl (C=O) groups excluding carboxylic acids is 1. The summed E-state index contributed by atoms with van der Waals surface area (Å²) in [6, 6.07) is 6.16. The first-order valence-corrected chi connectivity index (χ1v) is 9.46. The number of aryl methyl sites for hydroxylation is 1. The van der Waals surface area contributed by atoms with Crippen LogP contribution in [0.25, 0.3) is 11.4 Å². The Labute approximate surface area is 152 Å². The van der Waals surface area contributed by atoms with Crippen LogP contribution >= 0.6 is 0 Å². The number of hydrogen-bond donors (Lipinski definition) is 1. The van der Waals surface area contributed by atoms with Gasteiger partial charge in [0.05, 0.1) is 0 Å². The van der Waals surface area contributed by atoms with Crippen molar-refractivity contribution in [3.05, 3.63) is 36.0 Å². The van der Waals surface area contributed by atoms with Gasteiger partial charge in [0.2, 0.25) is 17.6 Å². The highest BCUT2D eigenvalue weighted by molar-refractivity contribution is 5.76. The second kappa shape index (κ2) is 7.17. The topological polar surface area (TPSA) is 68.0 Å². The van der Waals surface area contributed by atoms with E-state index in [0.717, 1.165) is 11.8 Å². The van der Waals surface area contributed by atoms with E-state index in [1.807, 2.05) is 0 Å². The monoisotopic (exact) mass is 357 g/mol. The molecule has 2 saturated carbocycles. The molecule has 4 unspecified atom stereocenters. The third-order valence-corrected chi connectivity index (χ3v) is 5.96. The quantitative estimate of drug-likeness (QED) is 0.855. The molecule has 1 aromatic heterocycles. The number of amides is 1. The summed E-state index contributed by atoms with van der Waals surface area (Å²) >= 11 is 0. The van der Waals surface area contributed by atoms with Gasteiger partial charge < -0.3 is 9.84 Å². The molecule has 1 aromatic carbocycles. The van der Waals surface area contributed by atoms with Crippen molar-refractivity contribution in [3.8, 4) is 11.4 Å². The Hall–Kier alpha value is -2.24. The highest BCUT2D eigenvalue weighted by atomic mass is 19.1. The minimum Gasteiger partial charge on any atom is -0.353 e. The molecule has 0 saturated heterocycles. The molecule has 0 aliphatic heterocycles. The zero-order chi connectivity index (χ0) is 18.1. The van der Waals surface area contributed by atoms with Crippen molar-refractivity contribution < 1.29 is 13.7 Å². The lowest BCUT2D eigenvalue weighted by Gasteiger charge is -2.28. The van der Waals surface area contributed by atoms with E-state index >= 15 is 0 Å². The fourth-order valence-electron chi connectivity index (χ4n) is 4.63. The molecule has 1 N–H and O–H groups in total. The molecule has 4 rings (SSSR count). The van der Waals surface area contributed by atoms with Gasteiger partial charge in [-0.05, 0) is 68.2 Å². The van der Waals surface area contributed by atoms with E-state index in [-0.39, 0.29) is 17.8 Å². The van der Waals surface area contributed by atoms with Crippen molar-refractivity contribution in [2.24, 2.45) is 17.8 Å². The van der Waals surface area contributed by atoms with E-state index in [0.29, 0.717) is 36.0 Å². The van der Waals surface area contributed by atoms with Crippen LogP contribution in [0.2, 0.25) is 0 Å². The molecule has 6 heteroatoms. The van der Waals surface area contributed by atoms with E-state index in [2.05, 4.69) is 22.4 Å². The lowest BCUT2D eigenvalue weighted by Crippen LogP contribution is -2.40. The molecule has 0 radical (unpaired) electrons. The van der Waals surface area contributed by atoms with E-state index in [1.165, 1.54) is 37.8 Å². The predicted molar refractivity (Wildman–Crippen MR) is 94.6 cm³/mol. The molecule has 138 valence electrons. The van der Waals surface area contributed by atoms with Gasteiger partial charge in [0, 0.05) is 24.4 Å². The molecule has 2 aliphatic rings. The van der Waals surface area contributed by atoms with Crippen LogP contribution in [0.1, 0.15) is 44.9 Å². The summed E-state index contributed by atoms with van der Waals surface area (Å²) in [6.07, 6.45) is 6.04. The maximum absolute atomic E-state index is 13.0. The number of benzene rings is 1. The summed E-state index contributed by atoms with van der Waals surface area (Å²) < 4.78 is 18.2. The van der Waals surface area contributed by atoms with Crippen LogP contribution in [-0.2, 0) is 11.2 Å². The Kier molecular flexibility index (Phi) is 4.74. The molecular weight excluding hydrogens is 333 g/mol. The van der Waals surface area contributed by atoms with Gasteiger partial charge in [-0.1, -0.05) is 11.6 Å². The van der Waals surface area contributed by atoms with Gasteiger partial charge in [-0.3, -0.25) is 4.79 Å². The first-order chi connectivity index (χ1) is 12.6. The van der Waals surface area contributed by atoms with Gasteiger partial charge in [-0.2, -0.15) is 4.98 Å². The van der Waals surface area contributed by atoms with Crippen LogP contribution in [0.3, 0.4) is 0 Å². The number of nitrogens with zero attached hydrogens (tertiary/aromatic N) is 2. The number of nitrogens with one attached hydrogen (secondary N) is 1. The Morgan fingerprint density at radius 3 is 2.81 bits per heavy atom. The largest absolute Gasteiger partial charge is 0.353 e. The number of fused-ring (bicyclic) bond motifs is 2. The Balaban J connectivity index is 1.27. The average molecular weight is 357 g/mol. The van der Waals surface area contributed by atoms with Crippen molar-refractivity contribution in [1.82, 2.24) is 15.5 Å². The van der Waals surface area contributed by atoms with Crippen LogP contribution in [0, 0.1) is 23.6 Å². The van der Waals surface area contributed by atoms with Crippen molar-refractivity contribution in [2.45, 2.75) is 51.5 Å². The lowest BCUT2D eigenvalue weighted by atomic mass is 9.84. The molecule has 0 spiro atoms. The van der Waals surface area contributed by atoms with Gasteiger partial charge in [0.15, 0.2) is 0 Å². The van der Waals surface area contributed by atoms with Crippen molar-refractivity contribution in [1.29, 1.82) is 0 Å². The van der Waals surface area contributed by atoms with Crippen molar-refractivity contribution in [3.63, 3.8) is 0 Å². The SMILES string of the molecule is CC(NC(=O)CCc1nc(-c2ccc(F)cc2)no1)C1CC2CCC1C2.